The second-order valence-corrected chi connectivity index (χ2v) is 8.37. The minimum atomic E-state index is -0.0315. The molecule has 0 aliphatic carbocycles. The molecule has 2 saturated heterocycles. The molecule has 0 aromatic carbocycles. The molecule has 29 heavy (non-hydrogen) atoms. The van der Waals surface area contributed by atoms with Crippen LogP contribution in [0, 0.1) is 20.8 Å². The first-order valence-electron chi connectivity index (χ1n) is 10.8. The first kappa shape index (κ1) is 20.0. The van der Waals surface area contributed by atoms with Crippen LogP contribution in [0.2, 0.25) is 0 Å². The van der Waals surface area contributed by atoms with Crippen LogP contribution in [0.3, 0.4) is 0 Å². The summed E-state index contributed by atoms with van der Waals surface area (Å²) in [6, 6.07) is -0.0315. The van der Waals surface area contributed by atoms with Gasteiger partial charge in [0.05, 0.1) is 29.5 Å². The van der Waals surface area contributed by atoms with E-state index in [2.05, 4.69) is 15.0 Å². The SMILES string of the molecule is Cc1ncc(-c2onc(C)c2C)c(C2CCCN2C(=O)CN2CCCCCC2)n1. The highest BCUT2D eigenvalue weighted by molar-refractivity contribution is 5.79. The summed E-state index contributed by atoms with van der Waals surface area (Å²) in [6.07, 6.45) is 8.66. The van der Waals surface area contributed by atoms with Gasteiger partial charge in [0.1, 0.15) is 5.82 Å². The zero-order valence-electron chi connectivity index (χ0n) is 17.8. The first-order chi connectivity index (χ1) is 14.0. The summed E-state index contributed by atoms with van der Waals surface area (Å²) in [5, 5.41) is 4.11. The molecule has 0 spiro atoms. The van der Waals surface area contributed by atoms with Gasteiger partial charge in [-0.2, -0.15) is 0 Å². The maximum atomic E-state index is 13.2. The van der Waals surface area contributed by atoms with Crippen molar-refractivity contribution < 1.29 is 9.32 Å². The van der Waals surface area contributed by atoms with Crippen LogP contribution in [0.1, 0.15) is 67.3 Å². The van der Waals surface area contributed by atoms with Gasteiger partial charge in [-0.3, -0.25) is 9.69 Å². The van der Waals surface area contributed by atoms with E-state index in [0.29, 0.717) is 18.1 Å². The summed E-state index contributed by atoms with van der Waals surface area (Å²) in [4.78, 5) is 26.7. The van der Waals surface area contributed by atoms with Gasteiger partial charge in [-0.05, 0) is 59.5 Å². The van der Waals surface area contributed by atoms with Crippen LogP contribution in [0.15, 0.2) is 10.7 Å². The number of aromatic nitrogens is 3. The molecule has 4 rings (SSSR count). The lowest BCUT2D eigenvalue weighted by atomic mass is 10.0. The highest BCUT2D eigenvalue weighted by Crippen LogP contribution is 2.38. The molecule has 2 aliphatic rings. The summed E-state index contributed by atoms with van der Waals surface area (Å²) in [5.74, 6) is 1.64. The van der Waals surface area contributed by atoms with Gasteiger partial charge in [-0.1, -0.05) is 18.0 Å². The molecule has 1 amide bonds. The monoisotopic (exact) mass is 397 g/mol. The van der Waals surface area contributed by atoms with E-state index in [1.165, 1.54) is 25.7 Å². The minimum absolute atomic E-state index is 0.0315. The van der Waals surface area contributed by atoms with Gasteiger partial charge in [0, 0.05) is 18.3 Å². The number of hydrogen-bond donors (Lipinski definition) is 0. The highest BCUT2D eigenvalue weighted by Gasteiger charge is 2.34. The summed E-state index contributed by atoms with van der Waals surface area (Å²) in [5.41, 5.74) is 3.61. The Labute approximate surface area is 172 Å². The van der Waals surface area contributed by atoms with Crippen molar-refractivity contribution in [2.24, 2.45) is 0 Å². The van der Waals surface area contributed by atoms with Crippen LogP contribution >= 0.6 is 0 Å². The lowest BCUT2D eigenvalue weighted by molar-refractivity contribution is -0.133. The normalized spacial score (nSPS) is 20.8. The number of carbonyl (C=O) groups is 1. The van der Waals surface area contributed by atoms with Gasteiger partial charge < -0.3 is 9.42 Å². The van der Waals surface area contributed by atoms with Crippen molar-refractivity contribution in [3.05, 3.63) is 29.0 Å². The molecule has 0 saturated carbocycles. The second kappa shape index (κ2) is 8.61. The zero-order valence-corrected chi connectivity index (χ0v) is 17.8. The summed E-state index contributed by atoms with van der Waals surface area (Å²) < 4.78 is 5.61. The van der Waals surface area contributed by atoms with Crippen molar-refractivity contribution in [1.29, 1.82) is 0 Å². The third kappa shape index (κ3) is 4.20. The Morgan fingerprint density at radius 3 is 2.55 bits per heavy atom. The molecular formula is C22H31N5O2. The lowest BCUT2D eigenvalue weighted by Gasteiger charge is -2.28. The predicted octanol–water partition coefficient (Wildman–Crippen LogP) is 3.60. The molecule has 1 atom stereocenters. The zero-order chi connectivity index (χ0) is 20.4. The number of carbonyl (C=O) groups excluding carboxylic acids is 1. The Morgan fingerprint density at radius 1 is 1.10 bits per heavy atom. The maximum Gasteiger partial charge on any atom is 0.237 e. The van der Waals surface area contributed by atoms with Crippen molar-refractivity contribution >= 4 is 5.91 Å². The van der Waals surface area contributed by atoms with Crippen molar-refractivity contribution in [3.8, 4) is 11.3 Å². The molecule has 4 heterocycles. The average Bonchev–Trinajstić information content (AvgIpc) is 3.23. The second-order valence-electron chi connectivity index (χ2n) is 8.37. The van der Waals surface area contributed by atoms with Crippen molar-refractivity contribution in [3.63, 3.8) is 0 Å². The van der Waals surface area contributed by atoms with E-state index in [0.717, 1.165) is 55.0 Å². The van der Waals surface area contributed by atoms with Crippen LogP contribution in [0.5, 0.6) is 0 Å². The Bertz CT molecular complexity index is 870. The predicted molar refractivity (Wildman–Crippen MR) is 110 cm³/mol. The summed E-state index contributed by atoms with van der Waals surface area (Å²) in [6.45, 7) is 9.18. The summed E-state index contributed by atoms with van der Waals surface area (Å²) in [7, 11) is 0. The third-order valence-electron chi connectivity index (χ3n) is 6.29. The maximum absolute atomic E-state index is 13.2. The Hall–Kier alpha value is -2.28. The lowest BCUT2D eigenvalue weighted by Crippen LogP contribution is -2.40. The number of amides is 1. The Morgan fingerprint density at radius 2 is 1.86 bits per heavy atom. The van der Waals surface area contributed by atoms with Gasteiger partial charge >= 0.3 is 0 Å². The molecule has 2 aliphatic heterocycles. The molecular weight excluding hydrogens is 366 g/mol. The van der Waals surface area contributed by atoms with Crippen LogP contribution in [-0.4, -0.2) is 57.0 Å². The molecule has 1 unspecified atom stereocenters. The minimum Gasteiger partial charge on any atom is -0.356 e. The highest BCUT2D eigenvalue weighted by atomic mass is 16.5. The van der Waals surface area contributed by atoms with E-state index in [1.807, 2.05) is 31.9 Å². The van der Waals surface area contributed by atoms with Crippen LogP contribution < -0.4 is 0 Å². The number of rotatable bonds is 4. The fourth-order valence-electron chi connectivity index (χ4n) is 4.51. The van der Waals surface area contributed by atoms with Gasteiger partial charge in [0.15, 0.2) is 5.76 Å². The van der Waals surface area contributed by atoms with E-state index in [1.54, 1.807) is 0 Å². The molecule has 2 fully saturated rings. The van der Waals surface area contributed by atoms with E-state index < -0.39 is 0 Å². The molecule has 2 aromatic rings. The van der Waals surface area contributed by atoms with E-state index in [-0.39, 0.29) is 11.9 Å². The largest absolute Gasteiger partial charge is 0.356 e. The van der Waals surface area contributed by atoms with Gasteiger partial charge in [0.25, 0.3) is 0 Å². The van der Waals surface area contributed by atoms with Gasteiger partial charge in [0.2, 0.25) is 5.91 Å². The fourth-order valence-corrected chi connectivity index (χ4v) is 4.51. The molecule has 7 heteroatoms. The van der Waals surface area contributed by atoms with Crippen molar-refractivity contribution in [2.45, 2.75) is 65.3 Å². The average molecular weight is 398 g/mol. The number of aryl methyl sites for hydroxylation is 2. The first-order valence-corrected chi connectivity index (χ1v) is 10.8. The quantitative estimate of drug-likeness (QED) is 0.785. The number of hydrogen-bond acceptors (Lipinski definition) is 6. The van der Waals surface area contributed by atoms with Crippen LogP contribution in [-0.2, 0) is 4.79 Å². The Balaban J connectivity index is 1.60. The van der Waals surface area contributed by atoms with Crippen molar-refractivity contribution in [1.82, 2.24) is 24.9 Å². The summed E-state index contributed by atoms with van der Waals surface area (Å²) >= 11 is 0. The topological polar surface area (TPSA) is 75.4 Å². The number of nitrogens with zero attached hydrogens (tertiary/aromatic N) is 5. The molecule has 2 aromatic heterocycles. The van der Waals surface area contributed by atoms with Crippen LogP contribution in [0.4, 0.5) is 0 Å². The molecule has 7 nitrogen and oxygen atoms in total. The molecule has 0 radical (unpaired) electrons. The standard InChI is InChI=1S/C22H31N5O2/c1-15-16(2)25-29-22(15)18-13-23-17(3)24-21(18)19-9-8-12-27(19)20(28)14-26-10-6-4-5-7-11-26/h13,19H,4-12,14H2,1-3H3. The van der Waals surface area contributed by atoms with Gasteiger partial charge in [-0.15, -0.1) is 0 Å². The van der Waals surface area contributed by atoms with E-state index >= 15 is 0 Å². The molecule has 0 N–H and O–H groups in total. The number of likely N-dealkylation sites (tertiary alicyclic amines) is 2. The van der Waals surface area contributed by atoms with E-state index in [9.17, 15) is 4.79 Å². The molecule has 156 valence electrons. The third-order valence-corrected chi connectivity index (χ3v) is 6.29. The van der Waals surface area contributed by atoms with Gasteiger partial charge in [-0.25, -0.2) is 9.97 Å². The fraction of sp³-hybridized carbons (Fsp3) is 0.636. The molecule has 0 bridgehead atoms. The smallest absolute Gasteiger partial charge is 0.237 e. The van der Waals surface area contributed by atoms with Crippen LogP contribution in [0.25, 0.3) is 11.3 Å². The van der Waals surface area contributed by atoms with E-state index in [4.69, 9.17) is 9.51 Å². The Kier molecular flexibility index (Phi) is 5.94. The van der Waals surface area contributed by atoms with Crippen molar-refractivity contribution in [2.75, 3.05) is 26.2 Å².